The second kappa shape index (κ2) is 5.98. The molecular weight excluding hydrogens is 182 g/mol. The van der Waals surface area contributed by atoms with E-state index >= 15 is 0 Å². The van der Waals surface area contributed by atoms with Crippen LogP contribution in [0.4, 0.5) is 0 Å². The van der Waals surface area contributed by atoms with Crippen molar-refractivity contribution in [1.82, 2.24) is 5.32 Å². The van der Waals surface area contributed by atoms with E-state index in [2.05, 4.69) is 5.32 Å². The molecule has 0 bridgehead atoms. The van der Waals surface area contributed by atoms with Crippen LogP contribution in [0.15, 0.2) is 0 Å². The van der Waals surface area contributed by atoms with Crippen LogP contribution in [0.2, 0.25) is 0 Å². The Morgan fingerprint density at radius 3 is 2.86 bits per heavy atom. The number of hydrogen-bond donors (Lipinski definition) is 1. The molecule has 0 saturated carbocycles. The summed E-state index contributed by atoms with van der Waals surface area (Å²) in [5, 5.41) is 3.13. The van der Waals surface area contributed by atoms with Gasteiger partial charge in [0.2, 0.25) is 0 Å². The molecule has 1 unspecified atom stereocenters. The maximum atomic E-state index is 11.4. The van der Waals surface area contributed by atoms with E-state index in [-0.39, 0.29) is 18.0 Å². The largest absolute Gasteiger partial charge is 0.463 e. The molecule has 1 atom stereocenters. The van der Waals surface area contributed by atoms with Gasteiger partial charge in [0.25, 0.3) is 0 Å². The lowest BCUT2D eigenvalue weighted by atomic mass is 10.1. The summed E-state index contributed by atoms with van der Waals surface area (Å²) in [7, 11) is 0. The van der Waals surface area contributed by atoms with Crippen LogP contribution >= 0.6 is 0 Å². The first-order valence-electron chi connectivity index (χ1n) is 5.19. The van der Waals surface area contributed by atoms with Crippen LogP contribution in [-0.2, 0) is 14.3 Å². The van der Waals surface area contributed by atoms with E-state index < -0.39 is 0 Å². The van der Waals surface area contributed by atoms with Gasteiger partial charge in [0.05, 0.1) is 18.6 Å². The lowest BCUT2D eigenvalue weighted by Gasteiger charge is -2.10. The van der Waals surface area contributed by atoms with Crippen LogP contribution in [0.1, 0.15) is 20.3 Å². The fraction of sp³-hybridized carbons (Fsp3) is 0.900. The van der Waals surface area contributed by atoms with Crippen molar-refractivity contribution in [3.05, 3.63) is 0 Å². The van der Waals surface area contributed by atoms with Crippen LogP contribution < -0.4 is 5.32 Å². The Morgan fingerprint density at radius 2 is 2.29 bits per heavy atom. The van der Waals surface area contributed by atoms with Crippen molar-refractivity contribution in [1.29, 1.82) is 0 Å². The topological polar surface area (TPSA) is 47.6 Å². The van der Waals surface area contributed by atoms with Crippen molar-refractivity contribution in [3.63, 3.8) is 0 Å². The molecule has 0 radical (unpaired) electrons. The van der Waals surface area contributed by atoms with Gasteiger partial charge in [-0.3, -0.25) is 4.79 Å². The van der Waals surface area contributed by atoms with Crippen LogP contribution in [0.3, 0.4) is 0 Å². The number of carbonyl (C=O) groups is 1. The number of nitrogens with one attached hydrogen (secondary N) is 1. The highest BCUT2D eigenvalue weighted by molar-refractivity contribution is 5.73. The number of rotatable bonds is 5. The zero-order valence-corrected chi connectivity index (χ0v) is 8.91. The average Bonchev–Trinajstić information content (AvgIpc) is 2.64. The molecule has 0 spiro atoms. The molecule has 0 aromatic heterocycles. The summed E-state index contributed by atoms with van der Waals surface area (Å²) in [6.45, 7) is 6.45. The lowest BCUT2D eigenvalue weighted by Crippen LogP contribution is -2.22. The minimum absolute atomic E-state index is 0.0500. The smallest absolute Gasteiger partial charge is 0.310 e. The molecular formula is C10H19NO3. The third kappa shape index (κ3) is 4.07. The molecule has 1 rings (SSSR count). The van der Waals surface area contributed by atoms with Gasteiger partial charge in [0, 0.05) is 6.54 Å². The molecule has 1 aliphatic rings. The Hall–Kier alpha value is -0.610. The fourth-order valence-corrected chi connectivity index (χ4v) is 1.40. The van der Waals surface area contributed by atoms with E-state index in [9.17, 15) is 4.79 Å². The SMILES string of the molecule is CC(C)OCCOC(=O)C1CCNC1. The average molecular weight is 201 g/mol. The summed E-state index contributed by atoms with van der Waals surface area (Å²) in [5.41, 5.74) is 0. The number of ether oxygens (including phenoxy) is 2. The van der Waals surface area contributed by atoms with Gasteiger partial charge >= 0.3 is 5.97 Å². The predicted molar refractivity (Wildman–Crippen MR) is 53.0 cm³/mol. The summed E-state index contributed by atoms with van der Waals surface area (Å²) < 4.78 is 10.3. The van der Waals surface area contributed by atoms with Crippen LogP contribution in [-0.4, -0.2) is 38.4 Å². The standard InChI is InChI=1S/C10H19NO3/c1-8(2)13-5-6-14-10(12)9-3-4-11-7-9/h8-9,11H,3-7H2,1-2H3. The first-order chi connectivity index (χ1) is 6.70. The third-order valence-electron chi connectivity index (χ3n) is 2.17. The molecule has 4 nitrogen and oxygen atoms in total. The molecule has 1 heterocycles. The molecule has 1 saturated heterocycles. The Kier molecular flexibility index (Phi) is 4.90. The minimum Gasteiger partial charge on any atom is -0.463 e. The Morgan fingerprint density at radius 1 is 1.50 bits per heavy atom. The van der Waals surface area contributed by atoms with Crippen molar-refractivity contribution >= 4 is 5.97 Å². The van der Waals surface area contributed by atoms with E-state index in [0.29, 0.717) is 13.2 Å². The van der Waals surface area contributed by atoms with Crippen LogP contribution in [0, 0.1) is 5.92 Å². The molecule has 14 heavy (non-hydrogen) atoms. The molecule has 0 aromatic carbocycles. The molecule has 82 valence electrons. The van der Waals surface area contributed by atoms with Gasteiger partial charge in [-0.2, -0.15) is 0 Å². The Balaban J connectivity index is 2.03. The first-order valence-corrected chi connectivity index (χ1v) is 5.19. The van der Waals surface area contributed by atoms with Crippen LogP contribution in [0.25, 0.3) is 0 Å². The summed E-state index contributed by atoms with van der Waals surface area (Å²) in [6, 6.07) is 0. The quantitative estimate of drug-likeness (QED) is 0.521. The zero-order chi connectivity index (χ0) is 10.4. The Labute approximate surface area is 85.0 Å². The molecule has 1 fully saturated rings. The number of esters is 1. The monoisotopic (exact) mass is 201 g/mol. The second-order valence-corrected chi connectivity index (χ2v) is 3.78. The van der Waals surface area contributed by atoms with Gasteiger partial charge in [-0.25, -0.2) is 0 Å². The fourth-order valence-electron chi connectivity index (χ4n) is 1.40. The van der Waals surface area contributed by atoms with E-state index in [0.717, 1.165) is 19.5 Å². The normalized spacial score (nSPS) is 21.5. The van der Waals surface area contributed by atoms with Crippen molar-refractivity contribution in [2.24, 2.45) is 5.92 Å². The van der Waals surface area contributed by atoms with Gasteiger partial charge in [0.1, 0.15) is 6.61 Å². The van der Waals surface area contributed by atoms with Crippen molar-refractivity contribution in [2.45, 2.75) is 26.4 Å². The second-order valence-electron chi connectivity index (χ2n) is 3.78. The molecule has 0 aromatic rings. The van der Waals surface area contributed by atoms with E-state index in [4.69, 9.17) is 9.47 Å². The molecule has 0 aliphatic carbocycles. The lowest BCUT2D eigenvalue weighted by molar-refractivity contribution is -0.149. The highest BCUT2D eigenvalue weighted by Gasteiger charge is 2.23. The molecule has 0 amide bonds. The minimum atomic E-state index is -0.0950. The van der Waals surface area contributed by atoms with Crippen molar-refractivity contribution in [3.8, 4) is 0 Å². The first kappa shape index (κ1) is 11.5. The third-order valence-corrected chi connectivity index (χ3v) is 2.17. The van der Waals surface area contributed by atoms with Gasteiger partial charge in [-0.1, -0.05) is 0 Å². The maximum Gasteiger partial charge on any atom is 0.310 e. The van der Waals surface area contributed by atoms with Gasteiger partial charge in [-0.05, 0) is 26.8 Å². The number of carbonyl (C=O) groups excluding carboxylic acids is 1. The predicted octanol–water partition coefficient (Wildman–Crippen LogP) is 0.564. The molecule has 4 heteroatoms. The van der Waals surface area contributed by atoms with Crippen LogP contribution in [0.5, 0.6) is 0 Å². The number of hydrogen-bond acceptors (Lipinski definition) is 4. The van der Waals surface area contributed by atoms with Gasteiger partial charge < -0.3 is 14.8 Å². The zero-order valence-electron chi connectivity index (χ0n) is 8.91. The highest BCUT2D eigenvalue weighted by Crippen LogP contribution is 2.09. The molecule has 1 aliphatic heterocycles. The van der Waals surface area contributed by atoms with Crippen molar-refractivity contribution in [2.75, 3.05) is 26.3 Å². The summed E-state index contributed by atoms with van der Waals surface area (Å²) >= 11 is 0. The Bertz CT molecular complexity index is 176. The van der Waals surface area contributed by atoms with Gasteiger partial charge in [0.15, 0.2) is 0 Å². The van der Waals surface area contributed by atoms with E-state index in [1.165, 1.54) is 0 Å². The summed E-state index contributed by atoms with van der Waals surface area (Å²) in [6.07, 6.45) is 1.09. The highest BCUT2D eigenvalue weighted by atomic mass is 16.6. The van der Waals surface area contributed by atoms with E-state index in [1.807, 2.05) is 13.8 Å². The van der Waals surface area contributed by atoms with E-state index in [1.54, 1.807) is 0 Å². The summed E-state index contributed by atoms with van der Waals surface area (Å²) in [5.74, 6) is -0.0450. The summed E-state index contributed by atoms with van der Waals surface area (Å²) in [4.78, 5) is 11.4. The van der Waals surface area contributed by atoms with Gasteiger partial charge in [-0.15, -0.1) is 0 Å². The maximum absolute atomic E-state index is 11.4. The van der Waals surface area contributed by atoms with Crippen molar-refractivity contribution < 1.29 is 14.3 Å². The molecule has 1 N–H and O–H groups in total.